The van der Waals surface area contributed by atoms with Gasteiger partial charge in [-0.05, 0) is 6.08 Å². The highest BCUT2D eigenvalue weighted by atomic mass is 19.5. The average Bonchev–Trinajstić information content (AvgIpc) is 2.16. The van der Waals surface area contributed by atoms with Crippen molar-refractivity contribution in [3.63, 3.8) is 0 Å². The second-order valence-corrected chi connectivity index (χ2v) is 2.83. The minimum atomic E-state index is -6.00. The molecule has 1 heterocycles. The molecule has 0 spiro atoms. The third-order valence-corrected chi connectivity index (χ3v) is 1.69. The summed E-state index contributed by atoms with van der Waals surface area (Å²) in [6, 6.07) is -0.185. The monoisotopic (exact) mass is 240 g/mol. The van der Waals surface area contributed by atoms with Crippen LogP contribution in [0.1, 0.15) is 0 Å². The zero-order chi connectivity index (χ0) is 12.8. The average molecular weight is 240 g/mol. The van der Waals surface area contributed by atoms with Crippen LogP contribution in [0.25, 0.3) is 0 Å². The molecular weight excluding hydrogens is 229 g/mol. The van der Waals surface area contributed by atoms with Crippen LogP contribution in [-0.2, 0) is 9.53 Å². The minimum absolute atomic E-state index is 0.185. The van der Waals surface area contributed by atoms with Gasteiger partial charge in [-0.2, -0.15) is 0 Å². The molecule has 16 heavy (non-hydrogen) atoms. The number of methoxy groups -OCH3 is 1. The van der Waals surface area contributed by atoms with Crippen molar-refractivity contribution in [3.8, 4) is 0 Å². The second kappa shape index (κ2) is 6.19. The van der Waals surface area contributed by atoms with Crippen LogP contribution in [0.5, 0.6) is 0 Å². The first kappa shape index (κ1) is 14.5. The summed E-state index contributed by atoms with van der Waals surface area (Å²) in [7, 11) is -2.60. The van der Waals surface area contributed by atoms with E-state index in [9.17, 15) is 22.1 Å². The van der Waals surface area contributed by atoms with Gasteiger partial charge in [-0.3, -0.25) is 0 Å². The van der Waals surface area contributed by atoms with Gasteiger partial charge < -0.3 is 31.7 Å². The van der Waals surface area contributed by atoms with Gasteiger partial charge in [0.25, 0.3) is 0 Å². The molecule has 1 aliphatic heterocycles. The van der Waals surface area contributed by atoms with Crippen molar-refractivity contribution in [2.45, 2.75) is 6.04 Å². The molecule has 0 aliphatic carbocycles. The smallest absolute Gasteiger partial charge is 0.482 e. The molecule has 0 aromatic heterocycles. The summed E-state index contributed by atoms with van der Waals surface area (Å²) in [5, 5.41) is 0. The van der Waals surface area contributed by atoms with Crippen LogP contribution >= 0.6 is 0 Å². The number of likely N-dealkylation sites (N-methyl/N-ethyl adjacent to an activating group) is 1. The molecule has 92 valence electrons. The lowest BCUT2D eigenvalue weighted by Crippen LogP contribution is -2.32. The number of carbonyl (C=O) groups is 1. The first-order chi connectivity index (χ1) is 7.29. The number of aldehydes is 1. The van der Waals surface area contributed by atoms with E-state index in [0.717, 1.165) is 6.29 Å². The second-order valence-electron chi connectivity index (χ2n) is 2.83. The molecule has 1 rings (SSSR count). The van der Waals surface area contributed by atoms with Gasteiger partial charge in [-0.1, -0.05) is 12.2 Å². The zero-order valence-electron chi connectivity index (χ0n) is 8.74. The fraction of sp³-hybridized carbons (Fsp3) is 0.375. The number of nitrogens with zero attached hydrogens (tertiary/aromatic N) is 1. The van der Waals surface area contributed by atoms with Crippen molar-refractivity contribution in [2.75, 3.05) is 14.2 Å². The Morgan fingerprint density at radius 3 is 2.31 bits per heavy atom. The number of carbonyl (C=O) groups excluding carboxylic acids is 1. The van der Waals surface area contributed by atoms with Crippen molar-refractivity contribution in [1.29, 1.82) is 0 Å². The lowest BCUT2D eigenvalue weighted by Gasteiger charge is -2.26. The van der Waals surface area contributed by atoms with E-state index in [1.54, 1.807) is 12.0 Å². The number of halogens is 4. The number of allylic oxidation sites excluding steroid dienone is 2. The van der Waals surface area contributed by atoms with E-state index in [0.29, 0.717) is 5.88 Å². The summed E-state index contributed by atoms with van der Waals surface area (Å²) in [6.45, 7) is 0. The standard InChI is InChI=1S/C8H11NO2.BF4/c1-9-7(6-10)4-3-5-8(9)11-2;2-1(3,4)5/h3-7H,1-2H3;/q;-1. The first-order valence-electron chi connectivity index (χ1n) is 4.27. The van der Waals surface area contributed by atoms with E-state index < -0.39 is 7.25 Å². The predicted molar refractivity (Wildman–Crippen MR) is 52.0 cm³/mol. The van der Waals surface area contributed by atoms with Gasteiger partial charge in [0.1, 0.15) is 12.3 Å². The van der Waals surface area contributed by atoms with Crippen LogP contribution in [-0.4, -0.2) is 38.6 Å². The Morgan fingerprint density at radius 1 is 1.44 bits per heavy atom. The molecule has 3 nitrogen and oxygen atoms in total. The molecule has 1 unspecified atom stereocenters. The normalized spacial score (nSPS) is 19.5. The summed E-state index contributed by atoms with van der Waals surface area (Å²) < 4.78 is 44.0. The molecular formula is C8H11BF4NO2-. The third-order valence-electron chi connectivity index (χ3n) is 1.69. The third kappa shape index (κ3) is 6.10. The lowest BCUT2D eigenvalue weighted by atomic mass is 10.2. The van der Waals surface area contributed by atoms with E-state index >= 15 is 0 Å². The van der Waals surface area contributed by atoms with Crippen LogP contribution in [0.3, 0.4) is 0 Å². The van der Waals surface area contributed by atoms with Crippen LogP contribution in [0.2, 0.25) is 0 Å². The maximum absolute atomic E-state index is 10.5. The van der Waals surface area contributed by atoms with Crippen molar-refractivity contribution in [2.24, 2.45) is 0 Å². The van der Waals surface area contributed by atoms with E-state index in [1.165, 1.54) is 0 Å². The summed E-state index contributed by atoms with van der Waals surface area (Å²) >= 11 is 0. The van der Waals surface area contributed by atoms with Gasteiger partial charge in [0.05, 0.1) is 7.11 Å². The number of rotatable bonds is 2. The summed E-state index contributed by atoms with van der Waals surface area (Å²) in [4.78, 5) is 12.2. The Kier molecular flexibility index (Phi) is 5.62. The fourth-order valence-electron chi connectivity index (χ4n) is 0.994. The summed E-state index contributed by atoms with van der Waals surface area (Å²) in [6.07, 6.45) is 6.33. The Balaban J connectivity index is 0.000000385. The molecule has 0 saturated heterocycles. The van der Waals surface area contributed by atoms with Gasteiger partial charge in [-0.25, -0.2) is 0 Å². The lowest BCUT2D eigenvalue weighted by molar-refractivity contribution is -0.110. The van der Waals surface area contributed by atoms with Crippen LogP contribution in [0.15, 0.2) is 24.1 Å². The summed E-state index contributed by atoms with van der Waals surface area (Å²) in [5.41, 5.74) is 0. The van der Waals surface area contributed by atoms with Gasteiger partial charge in [0, 0.05) is 7.05 Å². The van der Waals surface area contributed by atoms with E-state index in [-0.39, 0.29) is 6.04 Å². The zero-order valence-corrected chi connectivity index (χ0v) is 8.74. The maximum Gasteiger partial charge on any atom is 0.673 e. The van der Waals surface area contributed by atoms with Crippen molar-refractivity contribution in [1.82, 2.24) is 4.90 Å². The van der Waals surface area contributed by atoms with Crippen molar-refractivity contribution >= 4 is 13.5 Å². The van der Waals surface area contributed by atoms with Gasteiger partial charge in [0.2, 0.25) is 0 Å². The van der Waals surface area contributed by atoms with Crippen molar-refractivity contribution in [3.05, 3.63) is 24.1 Å². The molecule has 1 atom stereocenters. The molecule has 0 fully saturated rings. The molecule has 1 aliphatic rings. The SMILES string of the molecule is COC1=CC=CC(C=O)N1C.F[B-](F)(F)F. The number of ether oxygens (including phenoxy) is 1. The minimum Gasteiger partial charge on any atom is -0.482 e. The number of hydrogen-bond acceptors (Lipinski definition) is 3. The van der Waals surface area contributed by atoms with Crippen LogP contribution in [0, 0.1) is 0 Å². The Hall–Kier alpha value is -1.47. The maximum atomic E-state index is 10.5. The Bertz CT molecular complexity index is 284. The molecule has 0 saturated carbocycles. The van der Waals surface area contributed by atoms with Gasteiger partial charge in [0.15, 0.2) is 5.88 Å². The topological polar surface area (TPSA) is 29.5 Å². The highest BCUT2D eigenvalue weighted by Gasteiger charge is 2.20. The van der Waals surface area contributed by atoms with E-state index in [4.69, 9.17) is 4.74 Å². The largest absolute Gasteiger partial charge is 0.673 e. The number of hydrogen-bond donors (Lipinski definition) is 0. The molecule has 0 aromatic rings. The molecule has 0 N–H and O–H groups in total. The Labute approximate surface area is 90.5 Å². The molecule has 8 heteroatoms. The Morgan fingerprint density at radius 2 is 1.94 bits per heavy atom. The van der Waals surface area contributed by atoms with Gasteiger partial charge >= 0.3 is 7.25 Å². The highest BCUT2D eigenvalue weighted by Crippen LogP contribution is 2.12. The van der Waals surface area contributed by atoms with E-state index in [2.05, 4.69) is 0 Å². The van der Waals surface area contributed by atoms with Crippen LogP contribution in [0.4, 0.5) is 17.3 Å². The van der Waals surface area contributed by atoms with E-state index in [1.807, 2.05) is 25.3 Å². The van der Waals surface area contributed by atoms with Gasteiger partial charge in [-0.15, -0.1) is 0 Å². The van der Waals surface area contributed by atoms with Crippen LogP contribution < -0.4 is 0 Å². The van der Waals surface area contributed by atoms with Crippen molar-refractivity contribution < 1.29 is 26.8 Å². The summed E-state index contributed by atoms with van der Waals surface area (Å²) in [5.74, 6) is 0.713. The molecule has 0 bridgehead atoms. The quantitative estimate of drug-likeness (QED) is 0.419. The molecule has 0 aromatic carbocycles. The molecule has 0 radical (unpaired) electrons. The first-order valence-corrected chi connectivity index (χ1v) is 4.27. The molecule has 0 amide bonds. The fourth-order valence-corrected chi connectivity index (χ4v) is 0.994. The highest BCUT2D eigenvalue weighted by molar-refractivity contribution is 6.50. The predicted octanol–water partition coefficient (Wildman–Crippen LogP) is 1.84.